The number of benzene rings is 4. The molecule has 5 nitrogen and oxygen atoms in total. The second-order valence-corrected chi connectivity index (χ2v) is 16.4. The van der Waals surface area contributed by atoms with Gasteiger partial charge in [-0.3, -0.25) is 4.57 Å². The summed E-state index contributed by atoms with van der Waals surface area (Å²) in [5, 5.41) is 2.25. The van der Waals surface area contributed by atoms with Crippen LogP contribution in [0.3, 0.4) is 0 Å². The van der Waals surface area contributed by atoms with Crippen LogP contribution in [0.2, 0.25) is 0 Å². The first kappa shape index (κ1) is 36.3. The smallest absolute Gasteiger partial charge is 0.267 e. The molecule has 3 heterocycles. The molecule has 0 atom stereocenters. The van der Waals surface area contributed by atoms with Crippen molar-refractivity contribution in [2.75, 3.05) is 0 Å². The van der Waals surface area contributed by atoms with Crippen molar-refractivity contribution in [2.45, 2.75) is 85.5 Å². The maximum absolute atomic E-state index is 6.49. The Hall–Kier alpha value is -4.47. The van der Waals surface area contributed by atoms with Gasteiger partial charge in [-0.15, -0.1) is 29.7 Å². The zero-order valence-electron chi connectivity index (χ0n) is 31.3. The van der Waals surface area contributed by atoms with Crippen molar-refractivity contribution < 1.29 is 30.4 Å². The van der Waals surface area contributed by atoms with Gasteiger partial charge in [-0.25, -0.2) is 4.98 Å². The van der Waals surface area contributed by atoms with Crippen LogP contribution in [-0.2, 0) is 37.3 Å². The number of rotatable bonds is 5. The van der Waals surface area contributed by atoms with Crippen LogP contribution in [-0.4, -0.2) is 14.1 Å². The molecule has 51 heavy (non-hydrogen) atoms. The predicted molar refractivity (Wildman–Crippen MR) is 203 cm³/mol. The van der Waals surface area contributed by atoms with Gasteiger partial charge in [0, 0.05) is 50.5 Å². The van der Waals surface area contributed by atoms with E-state index in [-0.39, 0.29) is 37.3 Å². The molecule has 3 aromatic heterocycles. The molecule has 0 saturated heterocycles. The van der Waals surface area contributed by atoms with E-state index in [1.165, 1.54) is 16.7 Å². The summed E-state index contributed by atoms with van der Waals surface area (Å²) in [5.41, 5.74) is 8.83. The van der Waals surface area contributed by atoms with Crippen LogP contribution in [0.4, 0.5) is 0 Å². The molecule has 0 saturated carbocycles. The standard InChI is InChI=1S/C45H46N4O.Pt/c1-30-24-31(43(2,3)4)18-21-38(30)48-29-47(28-41(48)45(8,9)10)33-14-13-15-34(26-33)50-35-19-20-37-36-16-11-12-17-39(36)49(40(37)27-35)42-25-32(22-23-46-42)44(5,6)7;/h11-25,28H,1-10H3;/q-2;. The molecule has 0 aliphatic carbocycles. The molecular weight excluding hydrogens is 808 g/mol. The monoisotopic (exact) mass is 853 g/mol. The summed E-state index contributed by atoms with van der Waals surface area (Å²) in [5.74, 6) is 2.07. The number of aromatic nitrogens is 4. The third kappa shape index (κ3) is 7.06. The molecular formula is C45H46N4OPt-2. The van der Waals surface area contributed by atoms with Gasteiger partial charge in [-0.2, -0.15) is 18.2 Å². The Kier molecular flexibility index (Phi) is 9.44. The van der Waals surface area contributed by atoms with E-state index in [0.717, 1.165) is 44.7 Å². The third-order valence-corrected chi connectivity index (χ3v) is 9.40. The van der Waals surface area contributed by atoms with Gasteiger partial charge in [-0.05, 0) is 75.2 Å². The summed E-state index contributed by atoms with van der Waals surface area (Å²) in [4.78, 5) is 4.81. The number of aryl methyl sites for hydroxylation is 1. The molecule has 0 radical (unpaired) electrons. The van der Waals surface area contributed by atoms with Crippen molar-refractivity contribution in [3.8, 4) is 28.7 Å². The van der Waals surface area contributed by atoms with Gasteiger partial charge < -0.3 is 13.9 Å². The number of fused-ring (bicyclic) bond motifs is 3. The van der Waals surface area contributed by atoms with E-state index in [1.54, 1.807) is 0 Å². The molecule has 0 bridgehead atoms. The van der Waals surface area contributed by atoms with Crippen LogP contribution >= 0.6 is 0 Å². The van der Waals surface area contributed by atoms with E-state index in [1.807, 2.05) is 35.0 Å². The normalized spacial score (nSPS) is 12.4. The van der Waals surface area contributed by atoms with Crippen molar-refractivity contribution in [1.29, 1.82) is 0 Å². The van der Waals surface area contributed by atoms with Crippen molar-refractivity contribution in [2.24, 2.45) is 0 Å². The molecule has 0 unspecified atom stereocenters. The fraction of sp³-hybridized carbons (Fsp3) is 0.289. The Bertz CT molecular complexity index is 2380. The molecule has 7 aromatic rings. The van der Waals surface area contributed by atoms with Gasteiger partial charge in [0.1, 0.15) is 5.82 Å². The molecule has 0 N–H and O–H groups in total. The number of para-hydroxylation sites is 1. The SMILES string of the molecule is Cc1cc(C(C)(C)C)ccc1-[n+]1[c-]n(-c2[c-]c(Oc3[c-]c4c(cc3)c3ccccc3n4-c3cc(C(C)(C)C)ccn3)ccc2)cc1C(C)(C)C.[Pt]. The maximum Gasteiger partial charge on any atom is 0.267 e. The van der Waals surface area contributed by atoms with Crippen LogP contribution in [0.1, 0.15) is 84.7 Å². The molecule has 0 aliphatic heterocycles. The molecule has 0 aliphatic rings. The first-order chi connectivity index (χ1) is 23.6. The van der Waals surface area contributed by atoms with E-state index in [4.69, 9.17) is 9.72 Å². The van der Waals surface area contributed by atoms with Crippen LogP contribution in [0.25, 0.3) is 39.0 Å². The molecule has 6 heteroatoms. The van der Waals surface area contributed by atoms with Gasteiger partial charge in [0.25, 0.3) is 6.33 Å². The first-order valence-electron chi connectivity index (χ1n) is 17.4. The quantitative estimate of drug-likeness (QED) is 0.128. The molecule has 0 amide bonds. The van der Waals surface area contributed by atoms with Crippen LogP contribution in [0.5, 0.6) is 11.5 Å². The van der Waals surface area contributed by atoms with Crippen molar-refractivity contribution in [3.63, 3.8) is 0 Å². The number of nitrogens with zero attached hydrogens (tertiary/aromatic N) is 4. The minimum Gasteiger partial charge on any atom is -0.510 e. The summed E-state index contributed by atoms with van der Waals surface area (Å²) >= 11 is 0. The number of hydrogen-bond acceptors (Lipinski definition) is 2. The van der Waals surface area contributed by atoms with E-state index in [9.17, 15) is 0 Å². The van der Waals surface area contributed by atoms with Crippen LogP contribution < -0.4 is 9.30 Å². The predicted octanol–water partition coefficient (Wildman–Crippen LogP) is 10.6. The first-order valence-corrected chi connectivity index (χ1v) is 17.4. The minimum absolute atomic E-state index is 0. The Labute approximate surface area is 317 Å². The van der Waals surface area contributed by atoms with Gasteiger partial charge in [0.2, 0.25) is 0 Å². The van der Waals surface area contributed by atoms with Crippen LogP contribution in [0, 0.1) is 25.4 Å². The van der Waals surface area contributed by atoms with Gasteiger partial charge in [0.15, 0.2) is 0 Å². The average molecular weight is 854 g/mol. The molecule has 0 fully saturated rings. The van der Waals surface area contributed by atoms with Gasteiger partial charge >= 0.3 is 0 Å². The molecule has 4 aromatic carbocycles. The number of imidazole rings is 1. The largest absolute Gasteiger partial charge is 0.510 e. The van der Waals surface area contributed by atoms with E-state index < -0.39 is 0 Å². The summed E-state index contributed by atoms with van der Waals surface area (Å²) in [6, 6.07) is 36.6. The van der Waals surface area contributed by atoms with Crippen molar-refractivity contribution in [3.05, 3.63) is 138 Å². The fourth-order valence-electron chi connectivity index (χ4n) is 6.51. The Balaban J connectivity index is 0.00000448. The second-order valence-electron chi connectivity index (χ2n) is 16.4. The van der Waals surface area contributed by atoms with Gasteiger partial charge in [0.05, 0.1) is 11.4 Å². The topological polar surface area (TPSA) is 35.9 Å². The average Bonchev–Trinajstić information content (AvgIpc) is 3.64. The number of pyridine rings is 1. The Morgan fingerprint density at radius 3 is 2.10 bits per heavy atom. The van der Waals surface area contributed by atoms with E-state index in [0.29, 0.717) is 11.5 Å². The zero-order valence-corrected chi connectivity index (χ0v) is 33.5. The summed E-state index contributed by atoms with van der Waals surface area (Å²) < 4.78 is 12.9. The fourth-order valence-corrected chi connectivity index (χ4v) is 6.51. The number of ether oxygens (including phenoxy) is 1. The zero-order chi connectivity index (χ0) is 35.6. The molecule has 264 valence electrons. The van der Waals surface area contributed by atoms with Crippen molar-refractivity contribution in [1.82, 2.24) is 14.1 Å². The Morgan fingerprint density at radius 1 is 0.686 bits per heavy atom. The van der Waals surface area contributed by atoms with Crippen molar-refractivity contribution >= 4 is 21.8 Å². The summed E-state index contributed by atoms with van der Waals surface area (Å²) in [7, 11) is 0. The molecule has 0 spiro atoms. The summed E-state index contributed by atoms with van der Waals surface area (Å²) in [6.07, 6.45) is 7.67. The van der Waals surface area contributed by atoms with Crippen LogP contribution in [0.15, 0.2) is 97.3 Å². The van der Waals surface area contributed by atoms with E-state index in [2.05, 4.69) is 164 Å². The third-order valence-electron chi connectivity index (χ3n) is 9.40. The Morgan fingerprint density at radius 2 is 1.39 bits per heavy atom. The molecule has 7 rings (SSSR count). The number of hydrogen-bond donors (Lipinski definition) is 0. The van der Waals surface area contributed by atoms with Gasteiger partial charge in [-0.1, -0.05) is 98.2 Å². The maximum atomic E-state index is 6.49. The summed E-state index contributed by atoms with van der Waals surface area (Å²) in [6.45, 7) is 22.3. The van der Waals surface area contributed by atoms with E-state index >= 15 is 0 Å². The minimum atomic E-state index is -0.116. The second kappa shape index (κ2) is 13.3.